The predicted octanol–water partition coefficient (Wildman–Crippen LogP) is 1.96. The molecule has 4 fully saturated rings. The maximum atomic E-state index is 11.8. The number of carbonyl (C=O) groups excluding carboxylic acids is 1. The highest BCUT2D eigenvalue weighted by atomic mass is 16.5. The van der Waals surface area contributed by atoms with Crippen molar-refractivity contribution in [3.8, 4) is 0 Å². The van der Waals surface area contributed by atoms with E-state index in [2.05, 4.69) is 5.32 Å². The average Bonchev–Trinajstić information content (AvgIpc) is 2.30. The first-order valence-electron chi connectivity index (χ1n) is 7.13. The summed E-state index contributed by atoms with van der Waals surface area (Å²) in [7, 11) is 0. The van der Waals surface area contributed by atoms with Crippen molar-refractivity contribution in [2.45, 2.75) is 45.1 Å². The Balaban J connectivity index is 1.58. The van der Waals surface area contributed by atoms with Crippen molar-refractivity contribution in [2.75, 3.05) is 13.2 Å². The first-order valence-corrected chi connectivity index (χ1v) is 7.13. The molecule has 0 aromatic heterocycles. The molecule has 4 rings (SSSR count). The van der Waals surface area contributed by atoms with Crippen LogP contribution in [0.15, 0.2) is 0 Å². The normalized spacial score (nSPS) is 42.8. The zero-order chi connectivity index (χ0) is 11.8. The number of rotatable bonds is 4. The van der Waals surface area contributed by atoms with Crippen LogP contribution in [0.2, 0.25) is 0 Å². The Bertz CT molecular complexity index is 275. The van der Waals surface area contributed by atoms with Crippen molar-refractivity contribution < 1.29 is 9.53 Å². The molecule has 1 N–H and O–H groups in total. The Kier molecular flexibility index (Phi) is 3.12. The molecule has 4 saturated carbocycles. The summed E-state index contributed by atoms with van der Waals surface area (Å²) < 4.78 is 5.18. The summed E-state index contributed by atoms with van der Waals surface area (Å²) in [5.74, 6) is 3.55. The predicted molar refractivity (Wildman–Crippen MR) is 65.5 cm³/mol. The van der Waals surface area contributed by atoms with E-state index in [1.165, 1.54) is 32.1 Å². The van der Waals surface area contributed by atoms with Crippen LogP contribution in [0.5, 0.6) is 0 Å². The van der Waals surface area contributed by atoms with Gasteiger partial charge in [-0.25, -0.2) is 0 Å². The molecule has 0 atom stereocenters. The molecule has 3 heteroatoms. The molecule has 17 heavy (non-hydrogen) atoms. The van der Waals surface area contributed by atoms with E-state index in [1.807, 2.05) is 6.92 Å². The van der Waals surface area contributed by atoms with Crippen LogP contribution in [-0.4, -0.2) is 25.2 Å². The van der Waals surface area contributed by atoms with Gasteiger partial charge in [0.15, 0.2) is 0 Å². The van der Waals surface area contributed by atoms with Crippen molar-refractivity contribution in [1.82, 2.24) is 5.32 Å². The van der Waals surface area contributed by atoms with Gasteiger partial charge in [-0.15, -0.1) is 0 Å². The van der Waals surface area contributed by atoms with E-state index in [-0.39, 0.29) is 12.5 Å². The fraction of sp³-hybridized carbons (Fsp3) is 0.929. The minimum absolute atomic E-state index is 0.0873. The van der Waals surface area contributed by atoms with Gasteiger partial charge < -0.3 is 10.1 Å². The molecule has 0 aliphatic heterocycles. The van der Waals surface area contributed by atoms with Crippen molar-refractivity contribution in [2.24, 2.45) is 23.7 Å². The first kappa shape index (κ1) is 11.5. The lowest BCUT2D eigenvalue weighted by molar-refractivity contribution is -0.129. The first-order chi connectivity index (χ1) is 8.26. The van der Waals surface area contributed by atoms with E-state index in [0.29, 0.717) is 12.6 Å². The van der Waals surface area contributed by atoms with Gasteiger partial charge in [-0.1, -0.05) is 0 Å². The van der Waals surface area contributed by atoms with Crippen LogP contribution in [0, 0.1) is 23.7 Å². The number of carbonyl (C=O) groups is 1. The van der Waals surface area contributed by atoms with Crippen LogP contribution >= 0.6 is 0 Å². The van der Waals surface area contributed by atoms with Gasteiger partial charge in [0.2, 0.25) is 5.91 Å². The van der Waals surface area contributed by atoms with Crippen molar-refractivity contribution in [1.29, 1.82) is 0 Å². The van der Waals surface area contributed by atoms with Gasteiger partial charge in [0.05, 0.1) is 0 Å². The van der Waals surface area contributed by atoms with Crippen LogP contribution in [-0.2, 0) is 9.53 Å². The molecule has 3 nitrogen and oxygen atoms in total. The molecule has 0 radical (unpaired) electrons. The summed E-state index contributed by atoms with van der Waals surface area (Å²) in [5.41, 5.74) is 0. The molecular weight excluding hydrogens is 214 g/mol. The minimum Gasteiger partial charge on any atom is -0.372 e. The zero-order valence-electron chi connectivity index (χ0n) is 10.7. The van der Waals surface area contributed by atoms with Gasteiger partial charge in [0.25, 0.3) is 0 Å². The van der Waals surface area contributed by atoms with Crippen LogP contribution in [0.4, 0.5) is 0 Å². The Hall–Kier alpha value is -0.570. The van der Waals surface area contributed by atoms with Crippen molar-refractivity contribution in [3.63, 3.8) is 0 Å². The van der Waals surface area contributed by atoms with E-state index in [4.69, 9.17) is 4.74 Å². The average molecular weight is 237 g/mol. The van der Waals surface area contributed by atoms with Gasteiger partial charge in [0.1, 0.15) is 6.61 Å². The van der Waals surface area contributed by atoms with E-state index < -0.39 is 0 Å². The molecular formula is C14H23NO2. The highest BCUT2D eigenvalue weighted by Gasteiger charge is 2.48. The molecule has 0 unspecified atom stereocenters. The minimum atomic E-state index is 0.0873. The number of ether oxygens (including phenoxy) is 1. The monoisotopic (exact) mass is 237 g/mol. The maximum absolute atomic E-state index is 11.8. The van der Waals surface area contributed by atoms with E-state index in [9.17, 15) is 4.79 Å². The third kappa shape index (κ3) is 2.22. The SMILES string of the molecule is CCOCC(=O)NC1C2CC3CC(C2)CC1C3. The number of hydrogen-bond donors (Lipinski definition) is 1. The molecule has 0 aromatic carbocycles. The zero-order valence-corrected chi connectivity index (χ0v) is 10.7. The third-order valence-corrected chi connectivity index (χ3v) is 4.99. The summed E-state index contributed by atoms with van der Waals surface area (Å²) in [6.45, 7) is 2.78. The Morgan fingerprint density at radius 1 is 1.12 bits per heavy atom. The smallest absolute Gasteiger partial charge is 0.246 e. The Morgan fingerprint density at radius 2 is 1.71 bits per heavy atom. The van der Waals surface area contributed by atoms with Crippen LogP contribution in [0.1, 0.15) is 39.0 Å². The lowest BCUT2D eigenvalue weighted by Crippen LogP contribution is -2.56. The second-order valence-electron chi connectivity index (χ2n) is 6.16. The molecule has 96 valence electrons. The van der Waals surface area contributed by atoms with Gasteiger partial charge in [-0.05, 0) is 62.7 Å². The van der Waals surface area contributed by atoms with Gasteiger partial charge in [-0.3, -0.25) is 4.79 Å². The van der Waals surface area contributed by atoms with Crippen LogP contribution in [0.3, 0.4) is 0 Å². The second kappa shape index (κ2) is 4.60. The third-order valence-electron chi connectivity index (χ3n) is 4.99. The largest absolute Gasteiger partial charge is 0.372 e. The van der Waals surface area contributed by atoms with Crippen molar-refractivity contribution >= 4 is 5.91 Å². The van der Waals surface area contributed by atoms with E-state index >= 15 is 0 Å². The Labute approximate surface area is 103 Å². The maximum Gasteiger partial charge on any atom is 0.246 e. The molecule has 0 saturated heterocycles. The summed E-state index contributed by atoms with van der Waals surface area (Å²) in [6, 6.07) is 0.454. The number of nitrogens with one attached hydrogen (secondary N) is 1. The summed E-state index contributed by atoms with van der Waals surface area (Å²) >= 11 is 0. The van der Waals surface area contributed by atoms with E-state index in [1.54, 1.807) is 0 Å². The Morgan fingerprint density at radius 3 is 2.24 bits per heavy atom. The lowest BCUT2D eigenvalue weighted by atomic mass is 9.54. The molecule has 0 heterocycles. The molecule has 4 aliphatic carbocycles. The fourth-order valence-corrected chi connectivity index (χ4v) is 4.58. The van der Waals surface area contributed by atoms with E-state index in [0.717, 1.165) is 23.7 Å². The fourth-order valence-electron chi connectivity index (χ4n) is 4.58. The van der Waals surface area contributed by atoms with Gasteiger partial charge in [0, 0.05) is 12.6 Å². The topological polar surface area (TPSA) is 38.3 Å². The molecule has 4 bridgehead atoms. The highest BCUT2D eigenvalue weighted by molar-refractivity contribution is 5.77. The number of hydrogen-bond acceptors (Lipinski definition) is 2. The number of amides is 1. The summed E-state index contributed by atoms with van der Waals surface area (Å²) in [4.78, 5) is 11.8. The molecule has 0 aromatic rings. The molecule has 4 aliphatic rings. The van der Waals surface area contributed by atoms with Gasteiger partial charge >= 0.3 is 0 Å². The summed E-state index contributed by atoms with van der Waals surface area (Å²) in [6.07, 6.45) is 6.88. The molecule has 1 amide bonds. The van der Waals surface area contributed by atoms with Crippen molar-refractivity contribution in [3.05, 3.63) is 0 Å². The van der Waals surface area contributed by atoms with Gasteiger partial charge in [-0.2, -0.15) is 0 Å². The standard InChI is InChI=1S/C14H23NO2/c1-2-17-8-13(16)15-14-11-4-9-3-10(6-11)7-12(14)5-9/h9-12,14H,2-8H2,1H3,(H,15,16). The molecule has 0 spiro atoms. The van der Waals surface area contributed by atoms with Crippen LogP contribution in [0.25, 0.3) is 0 Å². The lowest BCUT2D eigenvalue weighted by Gasteiger charge is -2.54. The quantitative estimate of drug-likeness (QED) is 0.811. The summed E-state index contributed by atoms with van der Waals surface area (Å²) in [5, 5.41) is 3.23. The van der Waals surface area contributed by atoms with Crippen LogP contribution < -0.4 is 5.32 Å². The highest BCUT2D eigenvalue weighted by Crippen LogP contribution is 2.53. The second-order valence-corrected chi connectivity index (χ2v) is 6.16.